The van der Waals surface area contributed by atoms with Crippen molar-refractivity contribution in [3.8, 4) is 0 Å². The summed E-state index contributed by atoms with van der Waals surface area (Å²) in [5.74, 6) is -0.815. The molecule has 0 aromatic heterocycles. The molecule has 1 aromatic carbocycles. The largest absolute Gasteiger partial charge is 0.478 e. The molecule has 0 spiro atoms. The van der Waals surface area contributed by atoms with E-state index in [9.17, 15) is 4.79 Å². The Bertz CT molecular complexity index is 342. The highest BCUT2D eigenvalue weighted by molar-refractivity contribution is 5.89. The summed E-state index contributed by atoms with van der Waals surface area (Å²) in [6.45, 7) is 4.16. The van der Waals surface area contributed by atoms with Crippen LogP contribution in [0.1, 0.15) is 48.2 Å². The van der Waals surface area contributed by atoms with E-state index in [1.807, 2.05) is 19.1 Å². The highest BCUT2D eigenvalue weighted by Gasteiger charge is 2.11. The second-order valence-electron chi connectivity index (χ2n) is 3.71. The molecule has 0 radical (unpaired) electrons. The van der Waals surface area contributed by atoms with Crippen LogP contribution in [0.4, 0.5) is 0 Å². The first kappa shape index (κ1) is 11.8. The standard InChI is InChI=1S/C13H18O2/c1-3-5-7-10-8-6-9-12(13(14)15)11(10)4-2/h6,8-9H,3-5,7H2,1-2H3,(H,14,15). The van der Waals surface area contributed by atoms with Crippen molar-refractivity contribution in [1.29, 1.82) is 0 Å². The van der Waals surface area contributed by atoms with Gasteiger partial charge in [0.1, 0.15) is 0 Å². The number of hydrogen-bond donors (Lipinski definition) is 1. The van der Waals surface area contributed by atoms with Crippen LogP contribution in [-0.2, 0) is 12.8 Å². The van der Waals surface area contributed by atoms with E-state index in [0.29, 0.717) is 5.56 Å². The van der Waals surface area contributed by atoms with E-state index in [1.54, 1.807) is 6.07 Å². The van der Waals surface area contributed by atoms with Crippen LogP contribution in [0.25, 0.3) is 0 Å². The normalized spacial score (nSPS) is 10.3. The Balaban J connectivity index is 3.04. The van der Waals surface area contributed by atoms with E-state index in [4.69, 9.17) is 5.11 Å². The number of unbranched alkanes of at least 4 members (excludes halogenated alkanes) is 1. The topological polar surface area (TPSA) is 37.3 Å². The molecular formula is C13H18O2. The Hall–Kier alpha value is -1.31. The monoisotopic (exact) mass is 206 g/mol. The second-order valence-corrected chi connectivity index (χ2v) is 3.71. The van der Waals surface area contributed by atoms with Crippen molar-refractivity contribution in [2.24, 2.45) is 0 Å². The number of aryl methyl sites for hydroxylation is 1. The van der Waals surface area contributed by atoms with Gasteiger partial charge in [0.2, 0.25) is 0 Å². The van der Waals surface area contributed by atoms with Crippen LogP contribution in [0.2, 0.25) is 0 Å². The summed E-state index contributed by atoms with van der Waals surface area (Å²) in [6, 6.07) is 5.57. The third-order valence-electron chi connectivity index (χ3n) is 2.66. The van der Waals surface area contributed by atoms with Gasteiger partial charge in [-0.25, -0.2) is 4.79 Å². The van der Waals surface area contributed by atoms with Gasteiger partial charge < -0.3 is 5.11 Å². The number of hydrogen-bond acceptors (Lipinski definition) is 1. The van der Waals surface area contributed by atoms with Gasteiger partial charge in [-0.1, -0.05) is 32.4 Å². The highest BCUT2D eigenvalue weighted by Crippen LogP contribution is 2.18. The van der Waals surface area contributed by atoms with E-state index < -0.39 is 5.97 Å². The Morgan fingerprint density at radius 3 is 2.60 bits per heavy atom. The molecule has 0 unspecified atom stereocenters. The van der Waals surface area contributed by atoms with Gasteiger partial charge in [-0.2, -0.15) is 0 Å². The summed E-state index contributed by atoms with van der Waals surface area (Å²) in [5, 5.41) is 9.05. The molecule has 0 fully saturated rings. The van der Waals surface area contributed by atoms with Crippen LogP contribution >= 0.6 is 0 Å². The molecule has 2 heteroatoms. The molecule has 1 aromatic rings. The minimum atomic E-state index is -0.815. The third kappa shape index (κ3) is 2.82. The van der Waals surface area contributed by atoms with Gasteiger partial charge in [-0.15, -0.1) is 0 Å². The van der Waals surface area contributed by atoms with Crippen molar-refractivity contribution in [3.63, 3.8) is 0 Å². The summed E-state index contributed by atoms with van der Waals surface area (Å²) in [6.07, 6.45) is 4.04. The van der Waals surface area contributed by atoms with Gasteiger partial charge in [-0.05, 0) is 36.5 Å². The van der Waals surface area contributed by atoms with Crippen molar-refractivity contribution in [1.82, 2.24) is 0 Å². The van der Waals surface area contributed by atoms with Gasteiger partial charge in [0.15, 0.2) is 0 Å². The summed E-state index contributed by atoms with van der Waals surface area (Å²) in [4.78, 5) is 11.0. The lowest BCUT2D eigenvalue weighted by atomic mass is 9.95. The number of carboxylic acid groups (broad SMARTS) is 1. The maximum atomic E-state index is 11.0. The molecule has 0 aliphatic heterocycles. The first-order chi connectivity index (χ1) is 7.20. The number of carbonyl (C=O) groups is 1. The maximum Gasteiger partial charge on any atom is 0.335 e. The molecule has 0 saturated heterocycles. The van der Waals surface area contributed by atoms with Gasteiger partial charge in [0, 0.05) is 0 Å². The Labute approximate surface area is 90.9 Å². The zero-order valence-corrected chi connectivity index (χ0v) is 9.42. The Kier molecular flexibility index (Phi) is 4.35. The van der Waals surface area contributed by atoms with E-state index in [2.05, 4.69) is 6.92 Å². The second kappa shape index (κ2) is 5.54. The summed E-state index contributed by atoms with van der Waals surface area (Å²) in [5.41, 5.74) is 2.66. The van der Waals surface area contributed by atoms with Crippen molar-refractivity contribution < 1.29 is 9.90 Å². The van der Waals surface area contributed by atoms with Crippen LogP contribution < -0.4 is 0 Å². The van der Waals surface area contributed by atoms with E-state index in [-0.39, 0.29) is 0 Å². The minimum Gasteiger partial charge on any atom is -0.478 e. The summed E-state index contributed by atoms with van der Waals surface area (Å²) in [7, 11) is 0. The molecule has 0 atom stereocenters. The van der Waals surface area contributed by atoms with E-state index in [1.165, 1.54) is 5.56 Å². The molecule has 1 rings (SSSR count). The first-order valence-electron chi connectivity index (χ1n) is 5.54. The Morgan fingerprint density at radius 2 is 2.07 bits per heavy atom. The third-order valence-corrected chi connectivity index (χ3v) is 2.66. The molecule has 0 amide bonds. The SMILES string of the molecule is CCCCc1cccc(C(=O)O)c1CC. The molecule has 0 aliphatic carbocycles. The van der Waals surface area contributed by atoms with Crippen molar-refractivity contribution >= 4 is 5.97 Å². The molecular weight excluding hydrogens is 188 g/mol. The molecule has 15 heavy (non-hydrogen) atoms. The summed E-state index contributed by atoms with van der Waals surface area (Å²) >= 11 is 0. The number of aromatic carboxylic acids is 1. The van der Waals surface area contributed by atoms with Crippen molar-refractivity contribution in [3.05, 3.63) is 34.9 Å². The molecule has 0 bridgehead atoms. The van der Waals surface area contributed by atoms with Gasteiger partial charge in [0.05, 0.1) is 5.56 Å². The fourth-order valence-corrected chi connectivity index (χ4v) is 1.85. The van der Waals surface area contributed by atoms with E-state index in [0.717, 1.165) is 31.2 Å². The zero-order valence-electron chi connectivity index (χ0n) is 9.42. The van der Waals surface area contributed by atoms with Gasteiger partial charge in [0.25, 0.3) is 0 Å². The van der Waals surface area contributed by atoms with Gasteiger partial charge in [-0.3, -0.25) is 0 Å². The average molecular weight is 206 g/mol. The predicted octanol–water partition coefficient (Wildman–Crippen LogP) is 3.29. The predicted molar refractivity (Wildman–Crippen MR) is 61.4 cm³/mol. The number of carboxylic acids is 1. The highest BCUT2D eigenvalue weighted by atomic mass is 16.4. The number of rotatable bonds is 5. The fourth-order valence-electron chi connectivity index (χ4n) is 1.85. The zero-order chi connectivity index (χ0) is 11.3. The molecule has 0 saturated carbocycles. The molecule has 1 N–H and O–H groups in total. The van der Waals surface area contributed by atoms with Gasteiger partial charge >= 0.3 is 5.97 Å². The minimum absolute atomic E-state index is 0.464. The molecule has 0 heterocycles. The lowest BCUT2D eigenvalue weighted by Crippen LogP contribution is -2.05. The fraction of sp³-hybridized carbons (Fsp3) is 0.462. The Morgan fingerprint density at radius 1 is 1.33 bits per heavy atom. The van der Waals surface area contributed by atoms with E-state index >= 15 is 0 Å². The lowest BCUT2D eigenvalue weighted by Gasteiger charge is -2.10. The molecule has 82 valence electrons. The average Bonchev–Trinajstić information content (AvgIpc) is 2.25. The number of benzene rings is 1. The van der Waals surface area contributed by atoms with Crippen molar-refractivity contribution in [2.45, 2.75) is 39.5 Å². The van der Waals surface area contributed by atoms with Crippen LogP contribution in [0, 0.1) is 0 Å². The van der Waals surface area contributed by atoms with Crippen LogP contribution in [0.3, 0.4) is 0 Å². The lowest BCUT2D eigenvalue weighted by molar-refractivity contribution is 0.0695. The smallest absolute Gasteiger partial charge is 0.335 e. The molecule has 2 nitrogen and oxygen atoms in total. The summed E-state index contributed by atoms with van der Waals surface area (Å²) < 4.78 is 0. The maximum absolute atomic E-state index is 11.0. The van der Waals surface area contributed by atoms with Crippen LogP contribution in [0.5, 0.6) is 0 Å². The first-order valence-corrected chi connectivity index (χ1v) is 5.54. The van der Waals surface area contributed by atoms with Crippen LogP contribution in [-0.4, -0.2) is 11.1 Å². The molecule has 0 aliphatic rings. The van der Waals surface area contributed by atoms with Crippen LogP contribution in [0.15, 0.2) is 18.2 Å². The quantitative estimate of drug-likeness (QED) is 0.802. The van der Waals surface area contributed by atoms with Crippen molar-refractivity contribution in [2.75, 3.05) is 0 Å².